The smallest absolute Gasteiger partial charge is 0.269 e. The molecule has 4 aromatic rings. The van der Waals surface area contributed by atoms with Crippen molar-refractivity contribution in [2.45, 2.75) is 17.9 Å². The lowest BCUT2D eigenvalue weighted by Crippen LogP contribution is -2.27. The molecule has 0 fully saturated rings. The largest absolute Gasteiger partial charge is 0.384 e. The Hall–Kier alpha value is -3.41. The van der Waals surface area contributed by atoms with Crippen LogP contribution in [0.2, 0.25) is 0 Å². The average molecular weight is 430 g/mol. The summed E-state index contributed by atoms with van der Waals surface area (Å²) in [6.45, 7) is 1.88. The maximum absolute atomic E-state index is 14.0. The molecule has 156 valence electrons. The highest BCUT2D eigenvalue weighted by molar-refractivity contribution is 7.93. The second-order valence-corrected chi connectivity index (χ2v) is 9.05. The van der Waals surface area contributed by atoms with Crippen LogP contribution in [-0.2, 0) is 10.0 Å². The van der Waals surface area contributed by atoms with Gasteiger partial charge >= 0.3 is 0 Å². The van der Waals surface area contributed by atoms with E-state index in [1.807, 2.05) is 37.3 Å². The second kappa shape index (κ2) is 8.76. The average Bonchev–Trinajstić information content (AvgIpc) is 2.80. The minimum Gasteiger partial charge on any atom is -0.384 e. The normalized spacial score (nSPS) is 12.3. The van der Waals surface area contributed by atoms with Crippen LogP contribution in [-0.4, -0.2) is 13.5 Å². The number of benzene rings is 4. The van der Waals surface area contributed by atoms with E-state index in [-0.39, 0.29) is 4.90 Å². The lowest BCUT2D eigenvalue weighted by atomic mass is 10.00. The molecule has 0 heterocycles. The predicted octanol–water partition coefficient (Wildman–Crippen LogP) is 5.60. The first-order valence-electron chi connectivity index (χ1n) is 9.97. The molecule has 0 aromatic heterocycles. The molecule has 1 N–H and O–H groups in total. The summed E-state index contributed by atoms with van der Waals surface area (Å²) in [4.78, 5) is 0.0714. The van der Waals surface area contributed by atoms with Crippen molar-refractivity contribution in [1.29, 1.82) is 0 Å². The molecule has 0 radical (unpaired) electrons. The highest BCUT2D eigenvalue weighted by atomic mass is 32.2. The van der Waals surface area contributed by atoms with Crippen LogP contribution in [0.1, 0.15) is 22.8 Å². The van der Waals surface area contributed by atoms with Gasteiger partial charge in [-0.3, -0.25) is 0 Å². The number of rotatable bonds is 6. The van der Waals surface area contributed by atoms with Gasteiger partial charge in [0.1, 0.15) is 6.10 Å². The van der Waals surface area contributed by atoms with E-state index in [2.05, 4.69) is 0 Å². The maximum atomic E-state index is 14.0. The lowest BCUT2D eigenvalue weighted by Gasteiger charge is -2.27. The van der Waals surface area contributed by atoms with E-state index >= 15 is 0 Å². The summed E-state index contributed by atoms with van der Waals surface area (Å²) in [5, 5.41) is 11.1. The fourth-order valence-corrected chi connectivity index (χ4v) is 5.29. The zero-order valence-electron chi connectivity index (χ0n) is 17.1. The molecule has 0 saturated heterocycles. The summed E-state index contributed by atoms with van der Waals surface area (Å²) in [6.07, 6.45) is -1.07. The Balaban J connectivity index is 1.91. The van der Waals surface area contributed by atoms with Crippen LogP contribution in [0.25, 0.3) is 0 Å². The van der Waals surface area contributed by atoms with Crippen LogP contribution < -0.4 is 4.31 Å². The molecule has 1 unspecified atom stereocenters. The molecule has 4 nitrogen and oxygen atoms in total. The topological polar surface area (TPSA) is 57.6 Å². The van der Waals surface area contributed by atoms with Crippen LogP contribution >= 0.6 is 0 Å². The minimum atomic E-state index is -4.03. The number of hydrogen-bond donors (Lipinski definition) is 1. The third-order valence-corrected chi connectivity index (χ3v) is 6.90. The van der Waals surface area contributed by atoms with Crippen molar-refractivity contribution in [2.75, 3.05) is 4.31 Å². The number of hydrogen-bond acceptors (Lipinski definition) is 3. The van der Waals surface area contributed by atoms with Crippen molar-refractivity contribution in [2.24, 2.45) is 0 Å². The molecule has 31 heavy (non-hydrogen) atoms. The third kappa shape index (κ3) is 4.24. The molecule has 0 saturated carbocycles. The van der Waals surface area contributed by atoms with E-state index in [1.54, 1.807) is 78.9 Å². The van der Waals surface area contributed by atoms with Crippen LogP contribution in [0.4, 0.5) is 11.4 Å². The summed E-state index contributed by atoms with van der Waals surface area (Å²) in [7, 11) is -4.03. The van der Waals surface area contributed by atoms with Crippen LogP contribution in [0, 0.1) is 6.92 Å². The first-order valence-corrected chi connectivity index (χ1v) is 11.4. The van der Waals surface area contributed by atoms with E-state index in [0.717, 1.165) is 5.56 Å². The molecule has 0 aliphatic heterocycles. The number of aryl methyl sites for hydroxylation is 1. The first kappa shape index (κ1) is 20.8. The van der Waals surface area contributed by atoms with Crippen LogP contribution in [0.3, 0.4) is 0 Å². The first-order chi connectivity index (χ1) is 15.0. The SMILES string of the molecule is Cc1ccc(S(=O)(=O)N(c2ccccc2)c2ccccc2)c(C(O)c2ccccc2)c1. The molecule has 1 atom stereocenters. The second-order valence-electron chi connectivity index (χ2n) is 7.30. The van der Waals surface area contributed by atoms with Crippen molar-refractivity contribution in [3.8, 4) is 0 Å². The summed E-state index contributed by atoms with van der Waals surface area (Å²) in [5.41, 5.74) is 2.90. The Kier molecular flexibility index (Phi) is 5.89. The van der Waals surface area contributed by atoms with Crippen molar-refractivity contribution in [3.05, 3.63) is 126 Å². The lowest BCUT2D eigenvalue weighted by molar-refractivity contribution is 0.217. The van der Waals surface area contributed by atoms with Crippen LogP contribution in [0.15, 0.2) is 114 Å². The number of aliphatic hydroxyl groups excluding tert-OH is 1. The highest BCUT2D eigenvalue weighted by Gasteiger charge is 2.31. The van der Waals surface area contributed by atoms with Crippen molar-refractivity contribution in [1.82, 2.24) is 0 Å². The van der Waals surface area contributed by atoms with Gasteiger partial charge in [-0.05, 0) is 42.8 Å². The van der Waals surface area contributed by atoms with E-state index in [1.165, 1.54) is 4.31 Å². The highest BCUT2D eigenvalue weighted by Crippen LogP contribution is 2.36. The fourth-order valence-electron chi connectivity index (χ4n) is 3.58. The van der Waals surface area contributed by atoms with E-state index in [0.29, 0.717) is 22.5 Å². The molecule has 4 rings (SSSR count). The monoisotopic (exact) mass is 429 g/mol. The van der Waals surface area contributed by atoms with E-state index < -0.39 is 16.1 Å². The zero-order valence-corrected chi connectivity index (χ0v) is 17.9. The molecule has 0 aliphatic carbocycles. The van der Waals surface area contributed by atoms with Gasteiger partial charge in [0.2, 0.25) is 0 Å². The number of anilines is 2. The Bertz CT molecular complexity index is 1220. The molecule has 0 bridgehead atoms. The van der Waals surface area contributed by atoms with Crippen molar-refractivity contribution >= 4 is 21.4 Å². The van der Waals surface area contributed by atoms with Gasteiger partial charge in [-0.15, -0.1) is 0 Å². The van der Waals surface area contributed by atoms with Gasteiger partial charge in [-0.25, -0.2) is 12.7 Å². The van der Waals surface area contributed by atoms with Gasteiger partial charge in [0.05, 0.1) is 16.3 Å². The molecule has 0 spiro atoms. The number of sulfonamides is 1. The van der Waals surface area contributed by atoms with Crippen molar-refractivity contribution in [3.63, 3.8) is 0 Å². The number of nitrogens with zero attached hydrogens (tertiary/aromatic N) is 1. The van der Waals surface area contributed by atoms with E-state index in [9.17, 15) is 13.5 Å². The number of para-hydroxylation sites is 2. The summed E-state index contributed by atoms with van der Waals surface area (Å²) in [6, 6.07) is 32.1. The van der Waals surface area contributed by atoms with Gasteiger partial charge in [0.15, 0.2) is 0 Å². The molecule has 0 aliphatic rings. The van der Waals surface area contributed by atoms with Gasteiger partial charge in [0.25, 0.3) is 10.0 Å². The van der Waals surface area contributed by atoms with Gasteiger partial charge in [-0.1, -0.05) is 84.4 Å². The summed E-state index contributed by atoms with van der Waals surface area (Å²) < 4.78 is 29.4. The third-order valence-electron chi connectivity index (χ3n) is 5.07. The quantitative estimate of drug-likeness (QED) is 0.434. The van der Waals surface area contributed by atoms with Crippen molar-refractivity contribution < 1.29 is 13.5 Å². The zero-order chi connectivity index (χ0) is 21.8. The molecule has 5 heteroatoms. The predicted molar refractivity (Wildman–Crippen MR) is 124 cm³/mol. The summed E-state index contributed by atoms with van der Waals surface area (Å²) in [5.74, 6) is 0. The number of aliphatic hydroxyl groups is 1. The fraction of sp³-hybridized carbons (Fsp3) is 0.0769. The van der Waals surface area contributed by atoms with Crippen LogP contribution in [0.5, 0.6) is 0 Å². The Labute approximate surface area is 183 Å². The van der Waals surface area contributed by atoms with E-state index in [4.69, 9.17) is 0 Å². The Morgan fingerprint density at radius 2 is 1.19 bits per heavy atom. The summed E-state index contributed by atoms with van der Waals surface area (Å²) >= 11 is 0. The molecule has 4 aromatic carbocycles. The molecular weight excluding hydrogens is 406 g/mol. The standard InChI is InChI=1S/C26H23NO3S/c1-20-17-18-25(24(19-20)26(28)21-11-5-2-6-12-21)31(29,30)27(22-13-7-3-8-14-22)23-15-9-4-10-16-23/h2-19,26,28H,1H3. The Morgan fingerprint density at radius 3 is 1.71 bits per heavy atom. The Morgan fingerprint density at radius 1 is 0.710 bits per heavy atom. The van der Waals surface area contributed by atoms with Gasteiger partial charge in [0, 0.05) is 5.56 Å². The minimum absolute atomic E-state index is 0.0714. The van der Waals surface area contributed by atoms with Gasteiger partial charge in [-0.2, -0.15) is 0 Å². The molecular formula is C26H23NO3S. The molecule has 0 amide bonds. The maximum Gasteiger partial charge on any atom is 0.269 e. The van der Waals surface area contributed by atoms with Gasteiger partial charge < -0.3 is 5.11 Å².